The highest BCUT2D eigenvalue weighted by molar-refractivity contribution is 5.99. The topological polar surface area (TPSA) is 420 Å². The summed E-state index contributed by atoms with van der Waals surface area (Å²) in [5.41, 5.74) is 29.9. The van der Waals surface area contributed by atoms with E-state index in [1.165, 1.54) is 6.92 Å². The van der Waals surface area contributed by atoms with Crippen molar-refractivity contribution in [3.8, 4) is 0 Å². The van der Waals surface area contributed by atoms with Crippen molar-refractivity contribution in [2.24, 2.45) is 44.6 Å². The minimum Gasteiger partial charge on any atom is -0.370 e. The second kappa shape index (κ2) is 30.1. The van der Waals surface area contributed by atoms with E-state index in [2.05, 4.69) is 57.5 Å². The van der Waals surface area contributed by atoms with Gasteiger partial charge in [0.15, 0.2) is 11.9 Å². The summed E-state index contributed by atoms with van der Waals surface area (Å²) in [5, 5.41) is 22.3. The molecule has 4 rings (SSSR count). The van der Waals surface area contributed by atoms with Crippen LogP contribution in [0.1, 0.15) is 89.7 Å². The van der Waals surface area contributed by atoms with Gasteiger partial charge in [-0.05, 0) is 74.5 Å². The van der Waals surface area contributed by atoms with Crippen molar-refractivity contribution in [2.75, 3.05) is 19.6 Å². The third-order valence-electron chi connectivity index (χ3n) is 12.1. The Morgan fingerprint density at radius 2 is 1.28 bits per heavy atom. The molecule has 7 unspecified atom stereocenters. The summed E-state index contributed by atoms with van der Waals surface area (Å²) < 4.78 is 0. The second-order valence-electron chi connectivity index (χ2n) is 18.9. The van der Waals surface area contributed by atoms with Crippen molar-refractivity contribution in [3.63, 3.8) is 0 Å². The largest absolute Gasteiger partial charge is 0.370 e. The van der Waals surface area contributed by atoms with Gasteiger partial charge in [0.05, 0.1) is 6.42 Å². The zero-order valence-corrected chi connectivity index (χ0v) is 42.7. The summed E-state index contributed by atoms with van der Waals surface area (Å²) in [7, 11) is 0. The molecular formula is C50H74N16O9. The number of nitrogens with two attached hydrogens (primary N) is 5. The van der Waals surface area contributed by atoms with Crippen LogP contribution in [0.3, 0.4) is 0 Å². The Labute approximate surface area is 435 Å². The number of nitrogens with one attached hydrogen (secondary N) is 9. The molecule has 1 aliphatic rings. The number of carbonyl (C=O) groups excluding carboxylic acids is 9. The summed E-state index contributed by atoms with van der Waals surface area (Å²) in [6.07, 6.45) is 1.96. The van der Waals surface area contributed by atoms with Gasteiger partial charge in [0.2, 0.25) is 53.2 Å². The van der Waals surface area contributed by atoms with Gasteiger partial charge in [0.1, 0.15) is 42.3 Å². The molecule has 0 bridgehead atoms. The monoisotopic (exact) mass is 1040 g/mol. The van der Waals surface area contributed by atoms with E-state index in [-0.39, 0.29) is 102 Å². The number of hydrogen-bond donors (Lipinski definition) is 14. The molecule has 0 saturated carbocycles. The van der Waals surface area contributed by atoms with Crippen LogP contribution in [0.4, 0.5) is 0 Å². The average molecular weight is 1040 g/mol. The van der Waals surface area contributed by atoms with Crippen LogP contribution in [-0.4, -0.2) is 132 Å². The number of benzene rings is 2. The maximum atomic E-state index is 14.6. The van der Waals surface area contributed by atoms with Gasteiger partial charge < -0.3 is 76.2 Å². The maximum absolute atomic E-state index is 14.6. The number of aliphatic imine (C=N–C) groups is 2. The smallest absolute Gasteiger partial charge is 0.243 e. The number of rotatable bonds is 18. The van der Waals surface area contributed by atoms with Crippen LogP contribution in [0.5, 0.6) is 0 Å². The molecular weight excluding hydrogens is 969 g/mol. The highest BCUT2D eigenvalue weighted by Gasteiger charge is 2.35. The molecule has 1 saturated heterocycles. The Morgan fingerprint density at radius 1 is 0.693 bits per heavy atom. The number of aromatic nitrogens is 1. The van der Waals surface area contributed by atoms with E-state index in [4.69, 9.17) is 28.7 Å². The number of para-hydroxylation sites is 1. The first-order chi connectivity index (χ1) is 35.7. The number of guanidine groups is 2. The molecule has 1 fully saturated rings. The number of fused-ring (bicyclic) bond motifs is 1. The van der Waals surface area contributed by atoms with Crippen LogP contribution in [0.25, 0.3) is 10.9 Å². The second-order valence-corrected chi connectivity index (χ2v) is 18.9. The van der Waals surface area contributed by atoms with Crippen LogP contribution >= 0.6 is 0 Å². The lowest BCUT2D eigenvalue weighted by molar-refractivity contribution is -0.136. The summed E-state index contributed by atoms with van der Waals surface area (Å²) in [5.74, 6) is -7.57. The molecule has 0 aliphatic carbocycles. The lowest BCUT2D eigenvalue weighted by Crippen LogP contribution is -2.60. The van der Waals surface area contributed by atoms with E-state index < -0.39 is 102 Å². The van der Waals surface area contributed by atoms with Gasteiger partial charge in [-0.2, -0.15) is 0 Å². The van der Waals surface area contributed by atoms with Crippen molar-refractivity contribution < 1.29 is 43.2 Å². The molecule has 7 atom stereocenters. The van der Waals surface area contributed by atoms with Crippen LogP contribution in [0.15, 0.2) is 70.8 Å². The maximum Gasteiger partial charge on any atom is 0.243 e. The minimum atomic E-state index is -1.59. The van der Waals surface area contributed by atoms with E-state index in [0.29, 0.717) is 11.1 Å². The number of aromatic amines is 1. The van der Waals surface area contributed by atoms with Gasteiger partial charge in [-0.15, -0.1) is 0 Å². The molecule has 1 aliphatic heterocycles. The fraction of sp³-hybridized carbons (Fsp3) is 0.500. The predicted octanol–water partition coefficient (Wildman–Crippen LogP) is -2.30. The summed E-state index contributed by atoms with van der Waals surface area (Å²) in [6, 6.07) is 6.68. The molecule has 0 spiro atoms. The lowest BCUT2D eigenvalue weighted by atomic mass is 9.99. The van der Waals surface area contributed by atoms with Crippen LogP contribution in [0, 0.1) is 5.92 Å². The third kappa shape index (κ3) is 20.7. The Kier molecular flexibility index (Phi) is 23.8. The number of H-pyrrole nitrogens is 1. The molecule has 75 heavy (non-hydrogen) atoms. The number of hydrogen-bond acceptors (Lipinski definition) is 11. The van der Waals surface area contributed by atoms with Crippen molar-refractivity contribution in [1.82, 2.24) is 47.5 Å². The van der Waals surface area contributed by atoms with Crippen molar-refractivity contribution in [1.29, 1.82) is 0 Å². The third-order valence-corrected chi connectivity index (χ3v) is 12.1. The van der Waals surface area contributed by atoms with Crippen LogP contribution in [0.2, 0.25) is 0 Å². The fourth-order valence-electron chi connectivity index (χ4n) is 8.37. The molecule has 2 heterocycles. The number of amides is 9. The van der Waals surface area contributed by atoms with Crippen molar-refractivity contribution in [3.05, 3.63) is 71.9 Å². The summed E-state index contributed by atoms with van der Waals surface area (Å²) >= 11 is 0. The molecule has 19 N–H and O–H groups in total. The molecule has 1 aromatic heterocycles. The van der Waals surface area contributed by atoms with Gasteiger partial charge in [-0.1, -0.05) is 62.4 Å². The quantitative estimate of drug-likeness (QED) is 0.0363. The van der Waals surface area contributed by atoms with E-state index in [0.717, 1.165) is 10.9 Å². The normalized spacial score (nSPS) is 21.2. The van der Waals surface area contributed by atoms with Gasteiger partial charge >= 0.3 is 0 Å². The first-order valence-corrected chi connectivity index (χ1v) is 25.1. The molecule has 25 heteroatoms. The average Bonchev–Trinajstić information content (AvgIpc) is 3.76. The number of carbonyl (C=O) groups is 9. The SMILES string of the molecule is CC(=O)NC(CCCN=C(N)N)C(=O)NC1CC(=O)NCCCCC(C(N)=O)NC(=O)C(Cc2c[nH]c3ccccc23)NC(=O)C(CCCN=C(N)N)NC(=O)C(Cc2ccccc2)NC(=O)C(CC(C)C)NC1=O. The highest BCUT2D eigenvalue weighted by atomic mass is 16.2. The Hall–Kier alpha value is -8.25. The molecule has 408 valence electrons. The molecule has 9 amide bonds. The van der Waals surface area contributed by atoms with Gasteiger partial charge in [-0.3, -0.25) is 53.1 Å². The molecule has 0 radical (unpaired) electrons. The van der Waals surface area contributed by atoms with E-state index in [1.54, 1.807) is 50.4 Å². The number of nitrogens with zero attached hydrogens (tertiary/aromatic N) is 2. The standard InChI is InChI=1S/C50H74N16O9/c1-28(2)23-37-45(72)64-38(24-30-13-5-4-6-14-30)46(73)62-36(19-12-22-58-50(54)55)44(71)65-39(25-31-27-59-33-16-8-7-15-32(31)33)47(74)61-34(42(51)69)17-9-10-20-56-41(68)26-40(48(75)63-37)66-43(70)35(60-29(3)67)18-11-21-57-49(52)53/h4-8,13-16,27-28,34-40,59H,9-12,17-26H2,1-3H3,(H2,51,69)(H,56,68)(H,60,67)(H,61,74)(H,62,73)(H,63,75)(H,64,72)(H,65,71)(H,66,70)(H4,52,53,57)(H4,54,55,58). The summed E-state index contributed by atoms with van der Waals surface area (Å²) in [4.78, 5) is 136. The van der Waals surface area contributed by atoms with Crippen LogP contribution in [-0.2, 0) is 56.0 Å². The highest BCUT2D eigenvalue weighted by Crippen LogP contribution is 2.20. The zero-order chi connectivity index (χ0) is 55.0. The number of primary amides is 1. The molecule has 25 nitrogen and oxygen atoms in total. The Bertz CT molecular complexity index is 2510. The lowest BCUT2D eigenvalue weighted by Gasteiger charge is -2.28. The van der Waals surface area contributed by atoms with E-state index in [1.807, 2.05) is 24.3 Å². The Morgan fingerprint density at radius 3 is 1.93 bits per heavy atom. The minimum absolute atomic E-state index is 0.0318. The van der Waals surface area contributed by atoms with Gasteiger partial charge in [0.25, 0.3) is 0 Å². The Balaban J connectivity index is 1.77. The predicted molar refractivity (Wildman–Crippen MR) is 281 cm³/mol. The fourth-order valence-corrected chi connectivity index (χ4v) is 8.37. The van der Waals surface area contributed by atoms with Crippen LogP contribution < -0.4 is 71.2 Å². The van der Waals surface area contributed by atoms with Crippen molar-refractivity contribution in [2.45, 2.75) is 134 Å². The first-order valence-electron chi connectivity index (χ1n) is 25.1. The van der Waals surface area contributed by atoms with E-state index in [9.17, 15) is 43.2 Å². The van der Waals surface area contributed by atoms with Gasteiger partial charge in [-0.25, -0.2) is 0 Å². The first kappa shape index (κ1) is 59.3. The van der Waals surface area contributed by atoms with Crippen molar-refractivity contribution >= 4 is 76.0 Å². The zero-order valence-electron chi connectivity index (χ0n) is 42.7. The molecule has 2 aromatic carbocycles. The van der Waals surface area contributed by atoms with E-state index >= 15 is 0 Å². The van der Waals surface area contributed by atoms with Gasteiger partial charge in [0, 0.05) is 56.5 Å². The summed E-state index contributed by atoms with van der Waals surface area (Å²) in [6.45, 7) is 5.03. The molecule has 3 aromatic rings.